The normalized spacial score (nSPS) is 10.1. The maximum atomic E-state index is 13.1. The summed E-state index contributed by atoms with van der Waals surface area (Å²) in [6.45, 7) is -0.286. The Kier molecular flexibility index (Phi) is 9.83. The average Bonchev–Trinajstić information content (AvgIpc) is 3.08. The molecule has 0 aliphatic rings. The average molecular weight is 631 g/mol. The van der Waals surface area contributed by atoms with Gasteiger partial charge < -0.3 is 34.0 Å². The van der Waals surface area contributed by atoms with Gasteiger partial charge in [-0.1, -0.05) is 48.9 Å². The molecule has 0 saturated carbocycles. The molecule has 0 aliphatic heterocycles. The Morgan fingerprint density at radius 1 is 0.617 bits per heavy atom. The van der Waals surface area contributed by atoms with Gasteiger partial charge in [0.2, 0.25) is 0 Å². The molecule has 5 aromatic rings. The van der Waals surface area contributed by atoms with Gasteiger partial charge >= 0.3 is 17.9 Å². The molecular weight excluding hydrogens is 608 g/mol. The highest BCUT2D eigenvalue weighted by Gasteiger charge is 2.21. The first-order chi connectivity index (χ1) is 22.8. The number of carbonyl (C=O) groups excluding carboxylic acids is 1. The molecule has 5 rings (SSSR count). The smallest absolute Gasteiger partial charge is 0.344 e. The van der Waals surface area contributed by atoms with Crippen molar-refractivity contribution < 1.29 is 53.3 Å². The van der Waals surface area contributed by atoms with Crippen molar-refractivity contribution in [3.05, 3.63) is 125 Å². The minimum Gasteiger partial charge on any atom is -0.478 e. The van der Waals surface area contributed by atoms with Crippen LogP contribution in [0.5, 0.6) is 28.7 Å². The third-order valence-electron chi connectivity index (χ3n) is 6.46. The Hall–Kier alpha value is -6.95. The fourth-order valence-corrected chi connectivity index (χ4v) is 4.34. The molecule has 0 atom stereocenters. The van der Waals surface area contributed by atoms with Crippen LogP contribution in [0.1, 0.15) is 36.6 Å². The van der Waals surface area contributed by atoms with Gasteiger partial charge in [-0.05, 0) is 60.7 Å². The van der Waals surface area contributed by atoms with Crippen molar-refractivity contribution >= 4 is 28.7 Å². The molecule has 0 aliphatic carbocycles. The van der Waals surface area contributed by atoms with E-state index < -0.39 is 17.9 Å². The maximum Gasteiger partial charge on any atom is 0.344 e. The summed E-state index contributed by atoms with van der Waals surface area (Å²) < 4.78 is 21.2. The largest absolute Gasteiger partial charge is 0.478 e. The molecule has 0 radical (unpaired) electrons. The van der Waals surface area contributed by atoms with E-state index in [4.69, 9.17) is 35.1 Å². The highest BCUT2D eigenvalue weighted by molar-refractivity contribution is 6.04. The van der Waals surface area contributed by atoms with Gasteiger partial charge in [0.1, 0.15) is 35.7 Å². The van der Waals surface area contributed by atoms with Crippen LogP contribution in [0, 0.1) is 24.7 Å². The number of hydrogen-bond acceptors (Lipinski definition) is 9. The zero-order valence-corrected chi connectivity index (χ0v) is 24.2. The Morgan fingerprint density at radius 2 is 1.21 bits per heavy atom. The molecule has 47 heavy (non-hydrogen) atoms. The summed E-state index contributed by atoms with van der Waals surface area (Å²) >= 11 is 0. The SMILES string of the molecule is C#COc1ccc(C(=O)O)c(C(=O)Oc2ccc(OOCc3cc(OC#COc4ccccc4)ccc3C(=O)O)c3ccccc23)c1. The van der Waals surface area contributed by atoms with Crippen molar-refractivity contribution in [2.24, 2.45) is 0 Å². The van der Waals surface area contributed by atoms with Gasteiger partial charge in [0.15, 0.2) is 18.0 Å². The van der Waals surface area contributed by atoms with Crippen LogP contribution in [0.15, 0.2) is 103 Å². The standard InChI is InChI=1S/C36H22O11/c1-2-42-26-13-15-30(35(39)40)31(21-26)36(41)46-32-16-17-33(29-11-7-6-10-28(29)32)47-45-22-23-20-25(12-14-27(23)34(37)38)44-19-18-43-24-8-4-3-5-9-24/h1,3-17,20-21H,22H2,(H,37,38)(H,39,40). The second-order valence-electron chi connectivity index (χ2n) is 9.42. The molecule has 0 amide bonds. The number of ether oxygens (including phenoxy) is 4. The second kappa shape index (κ2) is 14.7. The number of carboxylic acids is 2. The van der Waals surface area contributed by atoms with E-state index in [2.05, 4.69) is 12.2 Å². The van der Waals surface area contributed by atoms with Gasteiger partial charge in [0, 0.05) is 16.3 Å². The first-order valence-corrected chi connectivity index (χ1v) is 13.6. The molecule has 0 saturated heterocycles. The predicted octanol–water partition coefficient (Wildman–Crippen LogP) is 6.31. The minimum atomic E-state index is -1.34. The van der Waals surface area contributed by atoms with E-state index in [1.807, 2.05) is 12.2 Å². The topological polar surface area (TPSA) is 147 Å². The van der Waals surface area contributed by atoms with Gasteiger partial charge in [-0.15, -0.1) is 0 Å². The molecule has 0 bridgehead atoms. The number of rotatable bonds is 11. The van der Waals surface area contributed by atoms with E-state index >= 15 is 0 Å². The van der Waals surface area contributed by atoms with Crippen molar-refractivity contribution in [1.82, 2.24) is 0 Å². The zero-order valence-electron chi connectivity index (χ0n) is 24.2. The molecule has 232 valence electrons. The Balaban J connectivity index is 1.31. The van der Waals surface area contributed by atoms with E-state index in [0.717, 1.165) is 0 Å². The number of terminal acetylenes is 1. The van der Waals surface area contributed by atoms with Crippen molar-refractivity contribution in [3.8, 4) is 53.5 Å². The lowest BCUT2D eigenvalue weighted by Gasteiger charge is -2.13. The van der Waals surface area contributed by atoms with E-state index in [-0.39, 0.29) is 51.9 Å². The Bertz CT molecular complexity index is 2070. The molecule has 5 aromatic carbocycles. The second-order valence-corrected chi connectivity index (χ2v) is 9.42. The van der Waals surface area contributed by atoms with Gasteiger partial charge in [-0.3, -0.25) is 0 Å². The highest BCUT2D eigenvalue weighted by Crippen LogP contribution is 2.34. The lowest BCUT2D eigenvalue weighted by molar-refractivity contribution is -0.216. The molecule has 0 fully saturated rings. The van der Waals surface area contributed by atoms with Crippen molar-refractivity contribution in [2.45, 2.75) is 6.61 Å². The van der Waals surface area contributed by atoms with Crippen LogP contribution in [0.4, 0.5) is 0 Å². The Morgan fingerprint density at radius 3 is 1.89 bits per heavy atom. The number of benzene rings is 5. The first-order valence-electron chi connectivity index (χ1n) is 13.6. The minimum absolute atomic E-state index is 0.0426. The van der Waals surface area contributed by atoms with Gasteiger partial charge in [0.25, 0.3) is 0 Å². The van der Waals surface area contributed by atoms with E-state index in [9.17, 15) is 24.6 Å². The van der Waals surface area contributed by atoms with Crippen LogP contribution >= 0.6 is 0 Å². The summed E-state index contributed by atoms with van der Waals surface area (Å²) in [6.07, 6.45) is 11.9. The number of esters is 1. The van der Waals surface area contributed by atoms with Gasteiger partial charge in [-0.25, -0.2) is 14.4 Å². The van der Waals surface area contributed by atoms with E-state index in [0.29, 0.717) is 16.5 Å². The van der Waals surface area contributed by atoms with Crippen LogP contribution in [0.25, 0.3) is 10.8 Å². The number of carboxylic acid groups (broad SMARTS) is 2. The molecule has 2 N–H and O–H groups in total. The summed E-state index contributed by atoms with van der Waals surface area (Å²) in [5.41, 5.74) is -0.382. The van der Waals surface area contributed by atoms with E-state index in [1.54, 1.807) is 48.5 Å². The summed E-state index contributed by atoms with van der Waals surface area (Å²) in [4.78, 5) is 47.6. The number of aromatic carboxylic acids is 2. The molecule has 0 unspecified atom stereocenters. The number of carbonyl (C=O) groups is 3. The molecule has 0 aromatic heterocycles. The van der Waals surface area contributed by atoms with Crippen LogP contribution in [0.3, 0.4) is 0 Å². The maximum absolute atomic E-state index is 13.1. The quantitative estimate of drug-likeness (QED) is 0.0556. The van der Waals surface area contributed by atoms with Crippen LogP contribution in [-0.4, -0.2) is 28.1 Å². The predicted molar refractivity (Wildman–Crippen MR) is 166 cm³/mol. The van der Waals surface area contributed by atoms with Crippen LogP contribution in [-0.2, 0) is 11.5 Å². The lowest BCUT2D eigenvalue weighted by Crippen LogP contribution is -2.14. The number of hydrogen-bond donors (Lipinski definition) is 2. The number of para-hydroxylation sites is 1. The summed E-state index contributed by atoms with van der Waals surface area (Å²) in [7, 11) is 0. The van der Waals surface area contributed by atoms with Crippen LogP contribution in [0.2, 0.25) is 0 Å². The summed E-state index contributed by atoms with van der Waals surface area (Å²) in [5, 5.41) is 20.1. The Labute approximate surface area is 267 Å². The molecule has 0 spiro atoms. The zero-order chi connectivity index (χ0) is 33.2. The highest BCUT2D eigenvalue weighted by atomic mass is 17.2. The van der Waals surface area contributed by atoms with Gasteiger partial charge in [0.05, 0.1) is 16.7 Å². The summed E-state index contributed by atoms with van der Waals surface area (Å²) in [6, 6.07) is 26.5. The molecule has 11 nitrogen and oxygen atoms in total. The van der Waals surface area contributed by atoms with Crippen molar-refractivity contribution in [2.75, 3.05) is 0 Å². The fourth-order valence-electron chi connectivity index (χ4n) is 4.34. The third kappa shape index (κ3) is 7.77. The first kappa shape index (κ1) is 31.5. The van der Waals surface area contributed by atoms with E-state index in [1.165, 1.54) is 48.5 Å². The lowest BCUT2D eigenvalue weighted by atomic mass is 10.1. The monoisotopic (exact) mass is 630 g/mol. The molecule has 0 heterocycles. The number of fused-ring (bicyclic) bond motifs is 1. The third-order valence-corrected chi connectivity index (χ3v) is 6.46. The molecule has 11 heteroatoms. The summed E-state index contributed by atoms with van der Waals surface area (Å²) in [5.74, 6) is -2.30. The molecular formula is C36H22O11. The van der Waals surface area contributed by atoms with Crippen molar-refractivity contribution in [3.63, 3.8) is 0 Å². The fraction of sp³-hybridized carbons (Fsp3) is 0.0278. The van der Waals surface area contributed by atoms with Crippen LogP contribution < -0.4 is 23.8 Å². The van der Waals surface area contributed by atoms with Crippen molar-refractivity contribution in [1.29, 1.82) is 0 Å². The van der Waals surface area contributed by atoms with Gasteiger partial charge in [-0.2, -0.15) is 4.89 Å².